The van der Waals surface area contributed by atoms with Crippen LogP contribution in [0.5, 0.6) is 0 Å². The fourth-order valence-corrected chi connectivity index (χ4v) is 28.1. The van der Waals surface area contributed by atoms with Gasteiger partial charge >= 0.3 is 0 Å². The Bertz CT molecular complexity index is 133. The van der Waals surface area contributed by atoms with Gasteiger partial charge in [0.2, 0.25) is 0 Å². The average molecular weight is 241 g/mol. The molecule has 0 aromatic rings. The van der Waals surface area contributed by atoms with Gasteiger partial charge in [0, 0.05) is 0 Å². The van der Waals surface area contributed by atoms with Crippen LogP contribution >= 0.6 is 21.8 Å². The molecule has 0 aliphatic carbocycles. The molecule has 0 spiro atoms. The van der Waals surface area contributed by atoms with Gasteiger partial charge in [-0.2, -0.15) is 0 Å². The molecule has 0 saturated carbocycles. The topological polar surface area (TPSA) is 0 Å². The molecule has 0 atom stereocenters. The second-order valence-corrected chi connectivity index (χ2v) is 22.2. The predicted molar refractivity (Wildman–Crippen MR) is 77.9 cm³/mol. The monoisotopic (exact) mass is 241 g/mol. The van der Waals surface area contributed by atoms with Crippen molar-refractivity contribution in [2.24, 2.45) is 0 Å². The Morgan fingerprint density at radius 3 is 0.615 bits per heavy atom. The molecule has 0 bridgehead atoms. The Labute approximate surface area is 87.3 Å². The zero-order chi connectivity index (χ0) is 11.1. The summed E-state index contributed by atoms with van der Waals surface area (Å²) in [5, 5.41) is 1.06. The molecule has 0 unspecified atom stereocenters. The van der Waals surface area contributed by atoms with Crippen LogP contribution in [0.2, 0.25) is 0 Å². The molecule has 0 nitrogen and oxygen atoms in total. The second kappa shape index (κ2) is 4.04. The molecule has 0 radical (unpaired) electrons. The molecule has 3 heteroatoms. The highest BCUT2D eigenvalue weighted by Crippen LogP contribution is 2.84. The summed E-state index contributed by atoms with van der Waals surface area (Å²) in [6.07, 6.45) is 0. The maximum absolute atomic E-state index is 2.52. The van der Waals surface area contributed by atoms with E-state index in [0.717, 1.165) is 5.14 Å². The van der Waals surface area contributed by atoms with Crippen LogP contribution in [0.4, 0.5) is 0 Å². The first kappa shape index (κ1) is 14.3. The lowest BCUT2D eigenvalue weighted by Crippen LogP contribution is -2.18. The van der Waals surface area contributed by atoms with Crippen molar-refractivity contribution in [2.45, 2.75) is 5.14 Å². The summed E-state index contributed by atoms with van der Waals surface area (Å²) in [6.45, 7) is 22.7. The van der Waals surface area contributed by atoms with Gasteiger partial charge in [0.25, 0.3) is 5.14 Å². The standard InChI is InChI=1S/C10H28P3/c1-11(2,3)10(12(4,5)6)13(7,8)9/h10H,1-9H3/q+3. The van der Waals surface area contributed by atoms with E-state index in [1.807, 2.05) is 0 Å². The highest BCUT2D eigenvalue weighted by atomic mass is 31.3. The highest BCUT2D eigenvalue weighted by Gasteiger charge is 2.58. The van der Waals surface area contributed by atoms with E-state index in [1.165, 1.54) is 0 Å². The first-order valence-electron chi connectivity index (χ1n) is 4.80. The molecule has 0 rings (SSSR count). The van der Waals surface area contributed by atoms with E-state index in [4.69, 9.17) is 0 Å². The molecule has 0 aliphatic rings. The molecule has 0 aromatic carbocycles. The molecule has 0 heterocycles. The van der Waals surface area contributed by atoms with Crippen molar-refractivity contribution in [1.29, 1.82) is 0 Å². The Morgan fingerprint density at radius 1 is 0.462 bits per heavy atom. The fraction of sp³-hybridized carbons (Fsp3) is 1.00. The SMILES string of the molecule is C[P+](C)(C)C([P+](C)(C)C)[P+](C)(C)C. The zero-order valence-electron chi connectivity index (χ0n) is 10.9. The summed E-state index contributed by atoms with van der Waals surface area (Å²) in [5.41, 5.74) is 0. The summed E-state index contributed by atoms with van der Waals surface area (Å²) in [6, 6.07) is 0. The normalized spacial score (nSPS) is 15.2. The fourth-order valence-electron chi connectivity index (χ4n) is 3.12. The first-order valence-corrected chi connectivity index (χ1v) is 14.4. The molecule has 80 valence electrons. The van der Waals surface area contributed by atoms with Gasteiger partial charge in [-0.15, -0.1) is 0 Å². The van der Waals surface area contributed by atoms with E-state index in [1.54, 1.807) is 0 Å². The van der Waals surface area contributed by atoms with Crippen LogP contribution in [-0.4, -0.2) is 65.1 Å². The molecule has 0 fully saturated rings. The first-order chi connectivity index (χ1) is 5.37. The summed E-state index contributed by atoms with van der Waals surface area (Å²) in [4.78, 5) is 0. The van der Waals surface area contributed by atoms with Crippen molar-refractivity contribution >= 4 is 21.8 Å². The second-order valence-electron chi connectivity index (χ2n) is 6.70. The average Bonchev–Trinajstić information content (AvgIpc) is 1.44. The Morgan fingerprint density at radius 2 is 0.615 bits per heavy atom. The molecule has 0 amide bonds. The lowest BCUT2D eigenvalue weighted by atomic mass is 11.7. The largest absolute Gasteiger partial charge is 0.252 e. The minimum Gasteiger partial charge on any atom is 0.0561 e. The van der Waals surface area contributed by atoms with Crippen LogP contribution in [0.1, 0.15) is 0 Å². The van der Waals surface area contributed by atoms with Gasteiger partial charge in [0.15, 0.2) is 0 Å². The van der Waals surface area contributed by atoms with Gasteiger partial charge in [0.1, 0.15) is 0 Å². The predicted octanol–water partition coefficient (Wildman–Crippen LogP) is 3.99. The molecular weight excluding hydrogens is 213 g/mol. The van der Waals surface area contributed by atoms with Crippen LogP contribution < -0.4 is 0 Å². The van der Waals surface area contributed by atoms with Crippen molar-refractivity contribution < 1.29 is 0 Å². The third-order valence-corrected chi connectivity index (χ3v) is 18.7. The molecule has 0 saturated heterocycles. The van der Waals surface area contributed by atoms with E-state index < -0.39 is 21.8 Å². The maximum Gasteiger partial charge on any atom is 0.252 e. The lowest BCUT2D eigenvalue weighted by Gasteiger charge is -2.33. The highest BCUT2D eigenvalue weighted by molar-refractivity contribution is 8.06. The molecule has 0 aliphatic heterocycles. The van der Waals surface area contributed by atoms with Crippen LogP contribution in [-0.2, 0) is 0 Å². The summed E-state index contributed by atoms with van der Waals surface area (Å²) in [5.74, 6) is 0. The number of rotatable bonds is 3. The Hall–Kier alpha value is 1.29. The van der Waals surface area contributed by atoms with E-state index in [9.17, 15) is 0 Å². The van der Waals surface area contributed by atoms with E-state index in [2.05, 4.69) is 60.0 Å². The summed E-state index contributed by atoms with van der Waals surface area (Å²) >= 11 is 0. The molecule has 0 N–H and O–H groups in total. The van der Waals surface area contributed by atoms with Crippen molar-refractivity contribution in [2.75, 3.05) is 60.0 Å². The third-order valence-electron chi connectivity index (χ3n) is 2.08. The van der Waals surface area contributed by atoms with Crippen molar-refractivity contribution in [3.63, 3.8) is 0 Å². The van der Waals surface area contributed by atoms with Crippen molar-refractivity contribution in [3.8, 4) is 0 Å². The lowest BCUT2D eigenvalue weighted by molar-refractivity contribution is 1.62. The van der Waals surface area contributed by atoms with Crippen molar-refractivity contribution in [3.05, 3.63) is 0 Å². The molecular formula is C10H28P3+3. The molecule has 13 heavy (non-hydrogen) atoms. The summed E-state index contributed by atoms with van der Waals surface area (Å²) < 4.78 is 0. The third kappa shape index (κ3) is 4.55. The quantitative estimate of drug-likeness (QED) is 0.655. The Balaban J connectivity index is 5.02. The van der Waals surface area contributed by atoms with E-state index >= 15 is 0 Å². The van der Waals surface area contributed by atoms with Gasteiger partial charge in [0.05, 0.1) is 81.8 Å². The Kier molecular flexibility index (Phi) is 4.44. The zero-order valence-corrected chi connectivity index (χ0v) is 13.6. The van der Waals surface area contributed by atoms with Crippen LogP contribution in [0, 0.1) is 0 Å². The van der Waals surface area contributed by atoms with Gasteiger partial charge < -0.3 is 0 Å². The van der Waals surface area contributed by atoms with Gasteiger partial charge in [-0.1, -0.05) is 0 Å². The minimum atomic E-state index is -0.670. The van der Waals surface area contributed by atoms with Gasteiger partial charge in [-0.25, -0.2) is 0 Å². The van der Waals surface area contributed by atoms with Crippen LogP contribution in [0.3, 0.4) is 0 Å². The van der Waals surface area contributed by atoms with E-state index in [-0.39, 0.29) is 0 Å². The van der Waals surface area contributed by atoms with Crippen molar-refractivity contribution in [1.82, 2.24) is 0 Å². The maximum atomic E-state index is 2.52. The van der Waals surface area contributed by atoms with Gasteiger partial charge in [-0.3, -0.25) is 0 Å². The minimum absolute atomic E-state index is 0.670. The van der Waals surface area contributed by atoms with Crippen LogP contribution in [0.25, 0.3) is 0 Å². The van der Waals surface area contributed by atoms with Crippen LogP contribution in [0.15, 0.2) is 0 Å². The molecule has 0 aromatic heterocycles. The number of hydrogen-bond donors (Lipinski definition) is 0. The summed E-state index contributed by atoms with van der Waals surface area (Å²) in [7, 11) is -2.01. The van der Waals surface area contributed by atoms with E-state index in [0.29, 0.717) is 0 Å². The van der Waals surface area contributed by atoms with Gasteiger partial charge in [-0.05, 0) is 0 Å². The number of hydrogen-bond acceptors (Lipinski definition) is 0. The smallest absolute Gasteiger partial charge is 0.0561 e.